The molecule has 0 fully saturated rings. The average Bonchev–Trinajstić information content (AvgIpc) is 2.48. The smallest absolute Gasteiger partial charge is 0.337 e. The number of hydrogen-bond donors (Lipinski definition) is 1. The van der Waals surface area contributed by atoms with Gasteiger partial charge in [0.1, 0.15) is 0 Å². The zero-order valence-electron chi connectivity index (χ0n) is 11.4. The number of aryl methyl sites for hydroxylation is 1. The minimum Gasteiger partial charge on any atom is -0.478 e. The van der Waals surface area contributed by atoms with Crippen molar-refractivity contribution in [3.63, 3.8) is 0 Å². The summed E-state index contributed by atoms with van der Waals surface area (Å²) in [4.78, 5) is 21.1. The molecule has 0 amide bonds. The highest BCUT2D eigenvalue weighted by Crippen LogP contribution is 2.02. The van der Waals surface area contributed by atoms with E-state index in [-0.39, 0.29) is 5.97 Å². The number of carboxylic acids is 1. The van der Waals surface area contributed by atoms with E-state index >= 15 is 0 Å². The third-order valence-corrected chi connectivity index (χ3v) is 2.46. The predicted molar refractivity (Wildman–Crippen MR) is 75.9 cm³/mol. The minimum absolute atomic E-state index is 0.291. The molecule has 0 radical (unpaired) electrons. The van der Waals surface area contributed by atoms with Crippen LogP contribution in [0.25, 0.3) is 0 Å². The van der Waals surface area contributed by atoms with Crippen molar-refractivity contribution in [1.82, 2.24) is 0 Å². The maximum Gasteiger partial charge on any atom is 0.337 e. The normalized spacial score (nSPS) is 9.10. The van der Waals surface area contributed by atoms with Gasteiger partial charge in [0.2, 0.25) is 0 Å². The molecule has 104 valence electrons. The molecule has 1 N–H and O–H groups in total. The van der Waals surface area contributed by atoms with E-state index in [2.05, 4.69) is 4.74 Å². The molecule has 0 heterocycles. The lowest BCUT2D eigenvalue weighted by atomic mass is 10.1. The molecule has 0 aliphatic heterocycles. The zero-order chi connectivity index (χ0) is 15.0. The molecule has 0 saturated heterocycles. The summed E-state index contributed by atoms with van der Waals surface area (Å²) in [6.45, 7) is 1.87. The quantitative estimate of drug-likeness (QED) is 0.853. The Labute approximate surface area is 117 Å². The summed E-state index contributed by atoms with van der Waals surface area (Å²) in [6, 6.07) is 15.7. The van der Waals surface area contributed by atoms with E-state index in [1.54, 1.807) is 42.5 Å². The first kappa shape index (κ1) is 15.4. The SMILES string of the molecule is COC(=O)c1ccccc1.Cc1cccc(C(=O)O)c1. The van der Waals surface area contributed by atoms with Crippen LogP contribution in [0.15, 0.2) is 54.6 Å². The lowest BCUT2D eigenvalue weighted by Crippen LogP contribution is -1.99. The highest BCUT2D eigenvalue weighted by Gasteiger charge is 2.00. The van der Waals surface area contributed by atoms with Gasteiger partial charge in [-0.25, -0.2) is 9.59 Å². The molecule has 0 unspecified atom stereocenters. The van der Waals surface area contributed by atoms with E-state index < -0.39 is 5.97 Å². The molecule has 20 heavy (non-hydrogen) atoms. The van der Waals surface area contributed by atoms with E-state index in [9.17, 15) is 9.59 Å². The molecule has 2 aromatic rings. The Hall–Kier alpha value is -2.62. The molecule has 4 nitrogen and oxygen atoms in total. The zero-order valence-corrected chi connectivity index (χ0v) is 11.4. The van der Waals surface area contributed by atoms with E-state index in [4.69, 9.17) is 5.11 Å². The van der Waals surface area contributed by atoms with Gasteiger partial charge in [-0.15, -0.1) is 0 Å². The summed E-state index contributed by atoms with van der Waals surface area (Å²) in [5.74, 6) is -1.16. The first-order valence-electron chi connectivity index (χ1n) is 5.98. The fourth-order valence-electron chi connectivity index (χ4n) is 1.47. The summed E-state index contributed by atoms with van der Waals surface area (Å²) in [5, 5.41) is 8.51. The molecule has 0 atom stereocenters. The molecule has 2 rings (SSSR count). The Kier molecular flexibility index (Phi) is 5.97. The van der Waals surface area contributed by atoms with Crippen molar-refractivity contribution in [2.45, 2.75) is 6.92 Å². The topological polar surface area (TPSA) is 63.6 Å². The van der Waals surface area contributed by atoms with Crippen LogP contribution in [-0.2, 0) is 4.74 Å². The van der Waals surface area contributed by atoms with E-state index in [0.29, 0.717) is 11.1 Å². The van der Waals surface area contributed by atoms with Gasteiger partial charge in [-0.1, -0.05) is 35.9 Å². The number of hydrogen-bond acceptors (Lipinski definition) is 3. The summed E-state index contributed by atoms with van der Waals surface area (Å²) >= 11 is 0. The third kappa shape index (κ3) is 4.94. The van der Waals surface area contributed by atoms with Crippen molar-refractivity contribution in [3.05, 3.63) is 71.3 Å². The van der Waals surface area contributed by atoms with Gasteiger partial charge in [0.15, 0.2) is 0 Å². The lowest BCUT2D eigenvalue weighted by Gasteiger charge is -1.95. The van der Waals surface area contributed by atoms with Crippen LogP contribution in [0.2, 0.25) is 0 Å². The highest BCUT2D eigenvalue weighted by atomic mass is 16.5. The van der Waals surface area contributed by atoms with Gasteiger partial charge in [0.05, 0.1) is 18.2 Å². The fourth-order valence-corrected chi connectivity index (χ4v) is 1.47. The van der Waals surface area contributed by atoms with Crippen molar-refractivity contribution in [2.24, 2.45) is 0 Å². The van der Waals surface area contributed by atoms with E-state index in [1.807, 2.05) is 19.1 Å². The molecule has 2 aromatic carbocycles. The van der Waals surface area contributed by atoms with Gasteiger partial charge >= 0.3 is 11.9 Å². The van der Waals surface area contributed by atoms with Crippen molar-refractivity contribution < 1.29 is 19.4 Å². The van der Waals surface area contributed by atoms with E-state index in [0.717, 1.165) is 5.56 Å². The van der Waals surface area contributed by atoms with Crippen molar-refractivity contribution in [3.8, 4) is 0 Å². The van der Waals surface area contributed by atoms with Crippen molar-refractivity contribution in [2.75, 3.05) is 7.11 Å². The molecular formula is C16H16O4. The van der Waals surface area contributed by atoms with Crippen LogP contribution < -0.4 is 0 Å². The molecule has 0 saturated carbocycles. The summed E-state index contributed by atoms with van der Waals surface area (Å²) in [7, 11) is 1.37. The van der Waals surface area contributed by atoms with Crippen LogP contribution in [0.3, 0.4) is 0 Å². The molecule has 0 spiro atoms. The van der Waals surface area contributed by atoms with Gasteiger partial charge < -0.3 is 9.84 Å². The average molecular weight is 272 g/mol. The number of methoxy groups -OCH3 is 1. The Morgan fingerprint density at radius 2 is 1.55 bits per heavy atom. The van der Waals surface area contributed by atoms with Gasteiger partial charge in [-0.2, -0.15) is 0 Å². The first-order chi connectivity index (χ1) is 9.54. The van der Waals surface area contributed by atoms with Crippen LogP contribution in [0, 0.1) is 6.92 Å². The standard InChI is InChI=1S/2C8H8O2/c1-6-3-2-4-7(5-6)8(9)10;1-10-8(9)7-5-3-2-4-6-7/h2-5H,1H3,(H,9,10);2-6H,1H3. The molecule has 0 aliphatic carbocycles. The largest absolute Gasteiger partial charge is 0.478 e. The summed E-state index contributed by atoms with van der Waals surface area (Å²) in [6.07, 6.45) is 0. The van der Waals surface area contributed by atoms with Crippen LogP contribution in [0.5, 0.6) is 0 Å². The van der Waals surface area contributed by atoms with Gasteiger partial charge in [-0.3, -0.25) is 0 Å². The number of ether oxygens (including phenoxy) is 1. The van der Waals surface area contributed by atoms with Crippen molar-refractivity contribution in [1.29, 1.82) is 0 Å². The Morgan fingerprint density at radius 1 is 0.950 bits per heavy atom. The number of carboxylic acid groups (broad SMARTS) is 1. The second kappa shape index (κ2) is 7.74. The van der Waals surface area contributed by atoms with Crippen LogP contribution >= 0.6 is 0 Å². The van der Waals surface area contributed by atoms with Crippen molar-refractivity contribution >= 4 is 11.9 Å². The summed E-state index contributed by atoms with van der Waals surface area (Å²) < 4.78 is 4.50. The molecule has 0 aliphatic rings. The lowest BCUT2D eigenvalue weighted by molar-refractivity contribution is 0.0600. The number of aromatic carboxylic acids is 1. The maximum atomic E-state index is 10.8. The Balaban J connectivity index is 0.000000200. The number of benzene rings is 2. The third-order valence-electron chi connectivity index (χ3n) is 2.46. The fraction of sp³-hybridized carbons (Fsp3) is 0.125. The second-order valence-corrected chi connectivity index (χ2v) is 4.03. The predicted octanol–water partition coefficient (Wildman–Crippen LogP) is 3.17. The highest BCUT2D eigenvalue weighted by molar-refractivity contribution is 5.89. The first-order valence-corrected chi connectivity index (χ1v) is 5.98. The minimum atomic E-state index is -0.872. The van der Waals surface area contributed by atoms with Crippen LogP contribution in [0.1, 0.15) is 26.3 Å². The van der Waals surface area contributed by atoms with Gasteiger partial charge in [0.25, 0.3) is 0 Å². The van der Waals surface area contributed by atoms with Gasteiger partial charge in [0, 0.05) is 0 Å². The number of rotatable bonds is 2. The Bertz CT molecular complexity index is 576. The molecular weight excluding hydrogens is 256 g/mol. The monoisotopic (exact) mass is 272 g/mol. The van der Waals surface area contributed by atoms with Crippen LogP contribution in [-0.4, -0.2) is 24.2 Å². The Morgan fingerprint density at radius 3 is 2.00 bits per heavy atom. The second-order valence-electron chi connectivity index (χ2n) is 4.03. The summed E-state index contributed by atoms with van der Waals surface area (Å²) in [5.41, 5.74) is 1.91. The maximum absolute atomic E-state index is 10.8. The van der Waals surface area contributed by atoms with E-state index in [1.165, 1.54) is 7.11 Å². The number of carbonyl (C=O) groups is 2. The number of carbonyl (C=O) groups excluding carboxylic acids is 1. The molecule has 0 bridgehead atoms. The van der Waals surface area contributed by atoms with Gasteiger partial charge in [-0.05, 0) is 31.2 Å². The molecule has 4 heteroatoms. The van der Waals surface area contributed by atoms with Crippen LogP contribution in [0.4, 0.5) is 0 Å². The number of esters is 1. The molecule has 0 aromatic heterocycles.